The molecule has 11 heteroatoms. The molecule has 1 aromatic heterocycles. The molecule has 1 atom stereocenters. The summed E-state index contributed by atoms with van der Waals surface area (Å²) >= 11 is 11.3. The Morgan fingerprint density at radius 3 is 2.48 bits per heavy atom. The maximum absolute atomic E-state index is 11.9. The Labute approximate surface area is 240 Å². The number of carboxylic acid groups (broad SMARTS) is 1. The zero-order chi connectivity index (χ0) is 28.2. The van der Waals surface area contributed by atoms with Crippen molar-refractivity contribution in [1.29, 1.82) is 0 Å². The first-order valence-electron chi connectivity index (χ1n) is 12.6. The normalized spacial score (nSPS) is 14.9. The molecular formula is C29H27N5O4S2. The minimum absolute atomic E-state index is 0.0633. The molecule has 3 N–H and O–H groups in total. The molecule has 0 amide bonds. The minimum atomic E-state index is -0.939. The Kier molecular flexibility index (Phi) is 7.94. The van der Waals surface area contributed by atoms with Gasteiger partial charge in [-0.15, -0.1) is 0 Å². The summed E-state index contributed by atoms with van der Waals surface area (Å²) in [6, 6.07) is 23.7. The highest BCUT2D eigenvalue weighted by Gasteiger charge is 2.30. The maximum atomic E-state index is 11.9. The largest absolute Gasteiger partial charge is 0.480 e. The van der Waals surface area contributed by atoms with Gasteiger partial charge in [0.15, 0.2) is 17.3 Å². The molecule has 0 spiro atoms. The topological polar surface area (TPSA) is 105 Å². The number of anilines is 2. The molecule has 2 heterocycles. The van der Waals surface area contributed by atoms with Gasteiger partial charge in [0, 0.05) is 29.2 Å². The van der Waals surface area contributed by atoms with Crippen LogP contribution in [0.15, 0.2) is 90.6 Å². The zero-order valence-electron chi connectivity index (χ0n) is 21.6. The van der Waals surface area contributed by atoms with E-state index in [1.807, 2.05) is 54.6 Å². The number of hydrogen-bond donors (Lipinski definition) is 3. The second-order valence-electron chi connectivity index (χ2n) is 9.23. The summed E-state index contributed by atoms with van der Waals surface area (Å²) in [4.78, 5) is 25.4. The molecule has 204 valence electrons. The number of aromatic amines is 1. The highest BCUT2D eigenvalue weighted by Crippen LogP contribution is 2.30. The van der Waals surface area contributed by atoms with Crippen molar-refractivity contribution in [3.63, 3.8) is 0 Å². The second-order valence-corrected chi connectivity index (χ2v) is 9.98. The number of carbonyl (C=O) groups is 2. The summed E-state index contributed by atoms with van der Waals surface area (Å²) in [7, 11) is 0. The monoisotopic (exact) mass is 573 g/mol. The number of benzene rings is 3. The molecule has 0 saturated carbocycles. The van der Waals surface area contributed by atoms with Crippen LogP contribution in [0, 0.1) is 9.54 Å². The van der Waals surface area contributed by atoms with Crippen LogP contribution >= 0.6 is 24.4 Å². The summed E-state index contributed by atoms with van der Waals surface area (Å²) in [5.74, 6) is -0.448. The highest BCUT2D eigenvalue weighted by molar-refractivity contribution is 7.72. The summed E-state index contributed by atoms with van der Waals surface area (Å²) in [5.41, 5.74) is 3.72. The third-order valence-corrected chi connectivity index (χ3v) is 7.24. The van der Waals surface area contributed by atoms with Crippen LogP contribution in [0.5, 0.6) is 5.75 Å². The molecular weight excluding hydrogens is 546 g/mol. The van der Waals surface area contributed by atoms with Gasteiger partial charge in [0.25, 0.3) is 0 Å². The third kappa shape index (κ3) is 5.75. The van der Waals surface area contributed by atoms with Crippen LogP contribution in [0.2, 0.25) is 0 Å². The van der Waals surface area contributed by atoms with Crippen molar-refractivity contribution in [1.82, 2.24) is 14.3 Å². The van der Waals surface area contributed by atoms with Crippen LogP contribution in [0.4, 0.5) is 11.4 Å². The smallest absolute Gasteiger partial charge is 0.326 e. The van der Waals surface area contributed by atoms with Crippen LogP contribution in [-0.2, 0) is 9.59 Å². The Morgan fingerprint density at radius 2 is 1.73 bits per heavy atom. The zero-order valence-corrected chi connectivity index (χ0v) is 23.2. The fourth-order valence-electron chi connectivity index (χ4n) is 4.57. The van der Waals surface area contributed by atoms with Crippen molar-refractivity contribution in [2.45, 2.75) is 25.8 Å². The fraction of sp³-hybridized carbons (Fsp3) is 0.172. The van der Waals surface area contributed by atoms with E-state index in [2.05, 4.69) is 10.4 Å². The summed E-state index contributed by atoms with van der Waals surface area (Å²) in [6.07, 6.45) is 2.43. The molecule has 0 radical (unpaired) electrons. The van der Waals surface area contributed by atoms with Crippen LogP contribution in [0.1, 0.15) is 19.8 Å². The van der Waals surface area contributed by atoms with E-state index in [1.54, 1.807) is 44.6 Å². The van der Waals surface area contributed by atoms with Crippen LogP contribution in [-0.4, -0.2) is 44.0 Å². The van der Waals surface area contributed by atoms with Gasteiger partial charge in [-0.3, -0.25) is 14.5 Å². The van der Waals surface area contributed by atoms with Gasteiger partial charge in [0.1, 0.15) is 11.8 Å². The number of rotatable bonds is 9. The summed E-state index contributed by atoms with van der Waals surface area (Å²) in [6.45, 7) is 1.65. The summed E-state index contributed by atoms with van der Waals surface area (Å²) in [5, 5.41) is 16.1. The lowest BCUT2D eigenvalue weighted by atomic mass is 9.97. The molecule has 3 aromatic carbocycles. The number of Topliss-reactive ketones (excluding diaryl/α,β-unsaturated/α-hetero) is 1. The number of ketones is 1. The van der Waals surface area contributed by atoms with Crippen molar-refractivity contribution < 1.29 is 19.4 Å². The second kappa shape index (κ2) is 11.7. The Balaban J connectivity index is 1.31. The molecule has 5 rings (SSSR count). The molecule has 40 heavy (non-hydrogen) atoms. The van der Waals surface area contributed by atoms with E-state index < -0.39 is 12.0 Å². The maximum Gasteiger partial charge on any atom is 0.326 e. The Bertz CT molecular complexity index is 1710. The van der Waals surface area contributed by atoms with Crippen molar-refractivity contribution in [3.05, 3.63) is 100 Å². The van der Waals surface area contributed by atoms with E-state index in [1.165, 1.54) is 6.92 Å². The highest BCUT2D eigenvalue weighted by atomic mass is 32.1. The van der Waals surface area contributed by atoms with Gasteiger partial charge < -0.3 is 20.1 Å². The van der Waals surface area contributed by atoms with Gasteiger partial charge in [-0.25, -0.2) is 9.48 Å². The molecule has 4 aromatic rings. The number of allylic oxidation sites excluding steroid dienone is 1. The predicted octanol–water partition coefficient (Wildman–Crippen LogP) is 6.03. The number of carbonyl (C=O) groups excluding carboxylic acids is 1. The van der Waals surface area contributed by atoms with Crippen molar-refractivity contribution in [2.75, 3.05) is 16.9 Å². The molecule has 0 saturated heterocycles. The van der Waals surface area contributed by atoms with E-state index >= 15 is 0 Å². The van der Waals surface area contributed by atoms with Crippen molar-refractivity contribution >= 4 is 47.6 Å². The number of nitrogens with zero attached hydrogens (tertiary/aromatic N) is 3. The SMILES string of the molecule is CC(=O)C1=CN(c2cccc(OCNc3cccc(-n4c(=S)[nH]n(-c5ccccc5)c4=S)c3)c2)C(C(=O)O)CC1. The lowest BCUT2D eigenvalue weighted by Crippen LogP contribution is -2.41. The van der Waals surface area contributed by atoms with E-state index in [9.17, 15) is 14.7 Å². The van der Waals surface area contributed by atoms with Crippen molar-refractivity contribution in [3.8, 4) is 17.1 Å². The molecule has 1 unspecified atom stereocenters. The van der Waals surface area contributed by atoms with Gasteiger partial charge in [0.2, 0.25) is 4.77 Å². The fourth-order valence-corrected chi connectivity index (χ4v) is 5.26. The van der Waals surface area contributed by atoms with Gasteiger partial charge in [-0.1, -0.05) is 30.3 Å². The molecule has 9 nitrogen and oxygen atoms in total. The van der Waals surface area contributed by atoms with Crippen molar-refractivity contribution in [2.24, 2.45) is 0 Å². The average molecular weight is 574 g/mol. The predicted molar refractivity (Wildman–Crippen MR) is 159 cm³/mol. The third-order valence-electron chi connectivity index (χ3n) is 6.60. The van der Waals surface area contributed by atoms with Gasteiger partial charge in [-0.05, 0) is 86.7 Å². The Morgan fingerprint density at radius 1 is 1.00 bits per heavy atom. The quantitative estimate of drug-likeness (QED) is 0.165. The number of ether oxygens (including phenoxy) is 1. The number of nitrogens with one attached hydrogen (secondary N) is 2. The van der Waals surface area contributed by atoms with Crippen LogP contribution < -0.4 is 15.0 Å². The van der Waals surface area contributed by atoms with Gasteiger partial charge >= 0.3 is 5.97 Å². The van der Waals surface area contributed by atoms with Crippen LogP contribution in [0.25, 0.3) is 11.4 Å². The molecule has 1 aliphatic rings. The number of carboxylic acids is 1. The van der Waals surface area contributed by atoms with Gasteiger partial charge in [0.05, 0.1) is 11.4 Å². The van der Waals surface area contributed by atoms with E-state index in [4.69, 9.17) is 29.2 Å². The van der Waals surface area contributed by atoms with E-state index in [0.717, 1.165) is 17.1 Å². The molecule has 0 fully saturated rings. The number of hydrogen-bond acceptors (Lipinski definition) is 7. The standard InChI is InChI=1S/C29H27N5O4S2/c1-19(35)20-13-14-26(27(36)37)32(17-20)23-10-6-12-25(16-23)38-18-30-21-7-5-11-24(15-21)33-28(39)31-34(29(33)40)22-8-3-2-4-9-22/h2-12,15-17,26,30H,13-14,18H2,1H3,(H,31,39)(H,36,37). The Hall–Kier alpha value is -4.48. The first kappa shape index (κ1) is 27.1. The van der Waals surface area contributed by atoms with E-state index in [-0.39, 0.29) is 12.5 Å². The molecule has 0 bridgehead atoms. The number of H-pyrrole nitrogens is 1. The number of para-hydroxylation sites is 1. The molecule has 1 aliphatic heterocycles. The summed E-state index contributed by atoms with van der Waals surface area (Å²) < 4.78 is 10.5. The van der Waals surface area contributed by atoms with Crippen LogP contribution in [0.3, 0.4) is 0 Å². The first-order valence-corrected chi connectivity index (χ1v) is 13.4. The lowest BCUT2D eigenvalue weighted by molar-refractivity contribution is -0.138. The molecule has 0 aliphatic carbocycles. The van der Waals surface area contributed by atoms with E-state index in [0.29, 0.717) is 39.4 Å². The number of aromatic nitrogens is 3. The first-order chi connectivity index (χ1) is 19.3. The number of aliphatic carboxylic acids is 1. The van der Waals surface area contributed by atoms with Gasteiger partial charge in [-0.2, -0.15) is 0 Å². The lowest BCUT2D eigenvalue weighted by Gasteiger charge is -2.32. The average Bonchev–Trinajstić information content (AvgIpc) is 3.26. The minimum Gasteiger partial charge on any atom is -0.480 e.